The normalized spacial score (nSPS) is 27.3. The largest absolute Gasteiger partial charge is 0.483 e. The van der Waals surface area contributed by atoms with Crippen molar-refractivity contribution in [2.75, 3.05) is 24.5 Å². The summed E-state index contributed by atoms with van der Waals surface area (Å²) in [6.45, 7) is 3.15. The molecule has 0 spiro atoms. The molecule has 0 amide bonds. The molecular weight excluding hydrogens is 388 g/mol. The Labute approximate surface area is 184 Å². The van der Waals surface area contributed by atoms with Gasteiger partial charge in [-0.15, -0.1) is 0 Å². The maximum Gasteiger partial charge on any atom is 0.290 e. The molecule has 3 aliphatic rings. The maximum absolute atomic E-state index is 9.28. The predicted molar refractivity (Wildman–Crippen MR) is 120 cm³/mol. The second-order valence-corrected chi connectivity index (χ2v) is 8.84. The van der Waals surface area contributed by atoms with Crippen LogP contribution in [0.3, 0.4) is 0 Å². The number of aromatic nitrogens is 1. The Morgan fingerprint density at radius 2 is 1.94 bits per heavy atom. The first kappa shape index (κ1) is 21.3. The number of anilines is 1. The van der Waals surface area contributed by atoms with Gasteiger partial charge in [0.25, 0.3) is 6.47 Å². The summed E-state index contributed by atoms with van der Waals surface area (Å²) in [5.41, 5.74) is 2.16. The molecule has 3 aliphatic heterocycles. The lowest BCUT2D eigenvalue weighted by molar-refractivity contribution is -0.122. The van der Waals surface area contributed by atoms with E-state index in [4.69, 9.17) is 9.90 Å². The van der Waals surface area contributed by atoms with Crippen LogP contribution in [0.4, 0.5) is 5.82 Å². The number of carboxylic acid groups (broad SMARTS) is 1. The van der Waals surface area contributed by atoms with E-state index in [0.717, 1.165) is 31.2 Å². The van der Waals surface area contributed by atoms with Crippen molar-refractivity contribution < 1.29 is 9.90 Å². The minimum absolute atomic E-state index is 0.250. The van der Waals surface area contributed by atoms with Crippen LogP contribution in [0.1, 0.15) is 36.8 Å². The van der Waals surface area contributed by atoms with E-state index in [9.17, 15) is 5.26 Å². The molecule has 3 saturated heterocycles. The molecule has 1 aromatic heterocycles. The lowest BCUT2D eigenvalue weighted by Gasteiger charge is -2.57. The Kier molecular flexibility index (Phi) is 6.83. The Balaban J connectivity index is 0.000000730. The lowest BCUT2D eigenvalue weighted by Crippen LogP contribution is -2.64. The molecule has 31 heavy (non-hydrogen) atoms. The molecule has 0 radical (unpaired) electrons. The van der Waals surface area contributed by atoms with Gasteiger partial charge in [-0.25, -0.2) is 4.98 Å². The quantitative estimate of drug-likeness (QED) is 0.768. The van der Waals surface area contributed by atoms with E-state index >= 15 is 0 Å². The predicted octanol–water partition coefficient (Wildman–Crippen LogP) is 3.58. The van der Waals surface area contributed by atoms with E-state index in [2.05, 4.69) is 51.2 Å². The minimum atomic E-state index is -0.250. The average Bonchev–Trinajstić information content (AvgIpc) is 2.83. The van der Waals surface area contributed by atoms with Gasteiger partial charge in [0, 0.05) is 31.4 Å². The zero-order valence-corrected chi connectivity index (χ0v) is 17.8. The van der Waals surface area contributed by atoms with Crippen LogP contribution in [0.25, 0.3) is 0 Å². The monoisotopic (exact) mass is 418 g/mol. The van der Waals surface area contributed by atoms with Crippen LogP contribution in [0, 0.1) is 23.2 Å². The zero-order chi connectivity index (χ0) is 21.6. The summed E-state index contributed by atoms with van der Waals surface area (Å²) in [6.07, 6.45) is 8.31. The number of benzene rings is 1. The third kappa shape index (κ3) is 4.72. The second-order valence-electron chi connectivity index (χ2n) is 8.84. The summed E-state index contributed by atoms with van der Waals surface area (Å²) < 4.78 is 0. The highest BCUT2D eigenvalue weighted by Gasteiger charge is 2.47. The summed E-state index contributed by atoms with van der Waals surface area (Å²) in [5, 5.41) is 16.2. The molecule has 0 unspecified atom stereocenters. The molecule has 6 nitrogen and oxygen atoms in total. The van der Waals surface area contributed by atoms with Gasteiger partial charge in [0.1, 0.15) is 5.82 Å². The van der Waals surface area contributed by atoms with E-state index in [1.807, 2.05) is 6.07 Å². The first-order chi connectivity index (χ1) is 15.2. The second kappa shape index (κ2) is 9.93. The fourth-order valence-electron chi connectivity index (χ4n) is 5.89. The van der Waals surface area contributed by atoms with Crippen molar-refractivity contribution in [2.24, 2.45) is 11.8 Å². The molecule has 4 atom stereocenters. The number of piperidine rings is 3. The van der Waals surface area contributed by atoms with Gasteiger partial charge >= 0.3 is 0 Å². The molecule has 2 bridgehead atoms. The molecule has 1 aromatic carbocycles. The van der Waals surface area contributed by atoms with Crippen LogP contribution >= 0.6 is 0 Å². The Morgan fingerprint density at radius 3 is 2.71 bits per heavy atom. The highest BCUT2D eigenvalue weighted by Crippen LogP contribution is 2.42. The van der Waals surface area contributed by atoms with Gasteiger partial charge in [-0.05, 0) is 61.8 Å². The van der Waals surface area contributed by atoms with Crippen LogP contribution in [0.2, 0.25) is 0 Å². The summed E-state index contributed by atoms with van der Waals surface area (Å²) >= 11 is 0. The van der Waals surface area contributed by atoms with Gasteiger partial charge in [-0.3, -0.25) is 9.69 Å². The summed E-state index contributed by atoms with van der Waals surface area (Å²) in [6, 6.07) is 18.4. The first-order valence-corrected chi connectivity index (χ1v) is 11.2. The average molecular weight is 419 g/mol. The number of carbonyl (C=O) groups is 1. The number of nitrogens with zero attached hydrogens (tertiary/aromatic N) is 4. The molecule has 5 rings (SSSR count). The van der Waals surface area contributed by atoms with Crippen molar-refractivity contribution in [2.45, 2.75) is 44.2 Å². The number of nitriles is 1. The molecular formula is C25H30N4O2. The van der Waals surface area contributed by atoms with Crippen molar-refractivity contribution in [3.8, 4) is 6.07 Å². The minimum Gasteiger partial charge on any atom is -0.483 e. The molecule has 3 fully saturated rings. The lowest BCUT2D eigenvalue weighted by atomic mass is 9.71. The van der Waals surface area contributed by atoms with E-state index in [1.54, 1.807) is 12.3 Å². The molecule has 0 saturated carbocycles. The van der Waals surface area contributed by atoms with Crippen LogP contribution in [-0.2, 0) is 11.2 Å². The SMILES string of the molecule is N#Cc1ccnc(N2C[C@H]3C[C@@H](C2)[C@H](Cc2ccccc2)N2CCCC[C@@H]32)c1.O=CO. The van der Waals surface area contributed by atoms with Gasteiger partial charge in [0.05, 0.1) is 11.6 Å². The molecule has 0 aliphatic carbocycles. The Hall–Kier alpha value is -2.91. The van der Waals surface area contributed by atoms with E-state index in [0.29, 0.717) is 23.6 Å². The highest BCUT2D eigenvalue weighted by molar-refractivity contribution is 5.46. The summed E-state index contributed by atoms with van der Waals surface area (Å²) in [5.74, 6) is 2.37. The Morgan fingerprint density at radius 1 is 1.16 bits per heavy atom. The Bertz CT molecular complexity index is 913. The number of pyridine rings is 1. The number of hydrogen-bond donors (Lipinski definition) is 1. The summed E-state index contributed by atoms with van der Waals surface area (Å²) in [4.78, 5) is 18.3. The van der Waals surface area contributed by atoms with Gasteiger partial charge < -0.3 is 10.0 Å². The topological polar surface area (TPSA) is 80.5 Å². The highest BCUT2D eigenvalue weighted by atomic mass is 16.3. The van der Waals surface area contributed by atoms with Crippen LogP contribution in [0.15, 0.2) is 48.7 Å². The smallest absolute Gasteiger partial charge is 0.290 e. The van der Waals surface area contributed by atoms with Crippen LogP contribution < -0.4 is 4.90 Å². The van der Waals surface area contributed by atoms with Crippen LogP contribution in [-0.4, -0.2) is 53.2 Å². The van der Waals surface area contributed by atoms with Gasteiger partial charge in [-0.2, -0.15) is 5.26 Å². The van der Waals surface area contributed by atoms with E-state index in [1.165, 1.54) is 37.8 Å². The van der Waals surface area contributed by atoms with Gasteiger partial charge in [-0.1, -0.05) is 36.8 Å². The fraction of sp³-hybridized carbons (Fsp3) is 0.480. The van der Waals surface area contributed by atoms with Crippen LogP contribution in [0.5, 0.6) is 0 Å². The van der Waals surface area contributed by atoms with Crippen molar-refractivity contribution in [3.05, 3.63) is 59.8 Å². The number of fused-ring (bicyclic) bond motifs is 4. The number of rotatable bonds is 3. The van der Waals surface area contributed by atoms with Crippen molar-refractivity contribution in [1.82, 2.24) is 9.88 Å². The van der Waals surface area contributed by atoms with Crippen molar-refractivity contribution in [3.63, 3.8) is 0 Å². The molecule has 4 heterocycles. The third-order valence-electron chi connectivity index (χ3n) is 7.11. The van der Waals surface area contributed by atoms with Gasteiger partial charge in [0.15, 0.2) is 0 Å². The number of hydrogen-bond acceptors (Lipinski definition) is 5. The van der Waals surface area contributed by atoms with Crippen molar-refractivity contribution in [1.29, 1.82) is 5.26 Å². The molecule has 162 valence electrons. The zero-order valence-electron chi connectivity index (χ0n) is 17.8. The molecule has 6 heteroatoms. The standard InChI is InChI=1S/C24H28N4.CH2O2/c25-15-19-9-10-26-24(13-19)27-16-20-14-21(17-27)23(12-18-6-2-1-3-7-18)28-11-5-4-8-22(20)28;2-1-3/h1-3,6-7,9-10,13,20-23H,4-5,8,11-12,14,16-17H2;1H,(H,2,3)/t20-,21+,22+,23+;/m1./s1. The molecule has 2 aromatic rings. The fourth-order valence-corrected chi connectivity index (χ4v) is 5.89. The third-order valence-corrected chi connectivity index (χ3v) is 7.11. The van der Waals surface area contributed by atoms with E-state index in [-0.39, 0.29) is 6.47 Å². The summed E-state index contributed by atoms with van der Waals surface area (Å²) in [7, 11) is 0. The maximum atomic E-state index is 9.28. The van der Waals surface area contributed by atoms with Gasteiger partial charge in [0.2, 0.25) is 0 Å². The molecule has 1 N–H and O–H groups in total. The first-order valence-electron chi connectivity index (χ1n) is 11.2. The van der Waals surface area contributed by atoms with Crippen molar-refractivity contribution >= 4 is 12.3 Å². The van der Waals surface area contributed by atoms with E-state index < -0.39 is 0 Å².